The zero-order chi connectivity index (χ0) is 14.4. The Morgan fingerprint density at radius 3 is 2.50 bits per heavy atom. The van der Waals surface area contributed by atoms with Crippen molar-refractivity contribution in [3.8, 4) is 0 Å². The smallest absolute Gasteiger partial charge is 0.123 e. The van der Waals surface area contributed by atoms with Crippen LogP contribution in [0.5, 0.6) is 0 Å². The number of halogens is 1. The Balaban J connectivity index is 2.11. The van der Waals surface area contributed by atoms with Crippen LogP contribution in [-0.4, -0.2) is 12.6 Å². The van der Waals surface area contributed by atoms with E-state index in [0.717, 1.165) is 30.5 Å². The van der Waals surface area contributed by atoms with E-state index in [4.69, 9.17) is 0 Å². The van der Waals surface area contributed by atoms with Gasteiger partial charge in [0.15, 0.2) is 0 Å². The van der Waals surface area contributed by atoms with E-state index in [-0.39, 0.29) is 5.82 Å². The van der Waals surface area contributed by atoms with Gasteiger partial charge >= 0.3 is 0 Å². The Morgan fingerprint density at radius 2 is 1.80 bits per heavy atom. The average Bonchev–Trinajstić information content (AvgIpc) is 2.44. The summed E-state index contributed by atoms with van der Waals surface area (Å²) in [6, 6.07) is 15.8. The minimum atomic E-state index is -0.152. The Hall–Kier alpha value is -1.67. The lowest BCUT2D eigenvalue weighted by molar-refractivity contribution is 0.518. The highest BCUT2D eigenvalue weighted by molar-refractivity contribution is 5.28. The molecule has 2 aromatic rings. The monoisotopic (exact) mass is 271 g/mol. The van der Waals surface area contributed by atoms with Crippen LogP contribution >= 0.6 is 0 Å². The van der Waals surface area contributed by atoms with E-state index in [0.29, 0.717) is 6.04 Å². The molecule has 106 valence electrons. The summed E-state index contributed by atoms with van der Waals surface area (Å²) in [7, 11) is 0. The molecule has 1 nitrogen and oxygen atoms in total. The summed E-state index contributed by atoms with van der Waals surface area (Å²) in [6.07, 6.45) is 1.82. The van der Waals surface area contributed by atoms with Crippen molar-refractivity contribution in [2.75, 3.05) is 6.54 Å². The average molecular weight is 271 g/mol. The van der Waals surface area contributed by atoms with Gasteiger partial charge in [-0.05, 0) is 55.1 Å². The summed E-state index contributed by atoms with van der Waals surface area (Å²) >= 11 is 0. The van der Waals surface area contributed by atoms with Gasteiger partial charge in [0.1, 0.15) is 5.82 Å². The van der Waals surface area contributed by atoms with E-state index in [2.05, 4.69) is 36.5 Å². The highest BCUT2D eigenvalue weighted by atomic mass is 19.1. The van der Waals surface area contributed by atoms with E-state index in [1.54, 1.807) is 6.07 Å². The molecule has 0 spiro atoms. The third-order valence-corrected chi connectivity index (χ3v) is 3.60. The number of hydrogen-bond acceptors (Lipinski definition) is 1. The number of benzene rings is 2. The predicted octanol–water partition coefficient (Wildman–Crippen LogP) is 3.90. The minimum Gasteiger partial charge on any atom is -0.314 e. The van der Waals surface area contributed by atoms with Gasteiger partial charge < -0.3 is 5.32 Å². The second kappa shape index (κ2) is 7.20. The van der Waals surface area contributed by atoms with Crippen LogP contribution in [0.4, 0.5) is 4.39 Å². The third-order valence-electron chi connectivity index (χ3n) is 3.60. The highest BCUT2D eigenvalue weighted by Crippen LogP contribution is 2.14. The Bertz CT molecular complexity index is 536. The van der Waals surface area contributed by atoms with Crippen molar-refractivity contribution >= 4 is 0 Å². The van der Waals surface area contributed by atoms with E-state index in [1.807, 2.05) is 19.1 Å². The van der Waals surface area contributed by atoms with Crippen LogP contribution in [0.3, 0.4) is 0 Å². The minimum absolute atomic E-state index is 0.152. The van der Waals surface area contributed by atoms with Crippen LogP contribution in [0.15, 0.2) is 48.5 Å². The molecule has 0 bridgehead atoms. The largest absolute Gasteiger partial charge is 0.314 e. The topological polar surface area (TPSA) is 12.0 Å². The van der Waals surface area contributed by atoms with E-state index in [1.165, 1.54) is 11.6 Å². The molecular weight excluding hydrogens is 249 g/mol. The van der Waals surface area contributed by atoms with E-state index in [9.17, 15) is 4.39 Å². The van der Waals surface area contributed by atoms with Gasteiger partial charge in [0, 0.05) is 6.04 Å². The van der Waals surface area contributed by atoms with Gasteiger partial charge in [-0.15, -0.1) is 0 Å². The first-order valence-electron chi connectivity index (χ1n) is 7.21. The molecule has 0 fully saturated rings. The first kappa shape index (κ1) is 14.7. The molecule has 0 saturated heterocycles. The van der Waals surface area contributed by atoms with Gasteiger partial charge in [0.2, 0.25) is 0 Å². The highest BCUT2D eigenvalue weighted by Gasteiger charge is 2.11. The summed E-state index contributed by atoms with van der Waals surface area (Å²) in [6.45, 7) is 5.07. The van der Waals surface area contributed by atoms with Gasteiger partial charge in [-0.2, -0.15) is 0 Å². The molecule has 1 unspecified atom stereocenters. The molecule has 0 saturated carbocycles. The molecule has 0 heterocycles. The molecule has 0 aromatic heterocycles. The molecule has 2 aromatic carbocycles. The standard InChI is InChI=1S/C18H22FN/c1-3-20-18(11-15-7-5-4-6-8-15)13-16-12-17(19)10-9-14(16)2/h4-10,12,18,20H,3,11,13H2,1-2H3. The molecule has 0 aliphatic heterocycles. The number of aryl methyl sites for hydroxylation is 1. The number of nitrogens with one attached hydrogen (secondary N) is 1. The molecule has 0 aliphatic rings. The fourth-order valence-electron chi connectivity index (χ4n) is 2.53. The van der Waals surface area contributed by atoms with Crippen molar-refractivity contribution in [2.24, 2.45) is 0 Å². The summed E-state index contributed by atoms with van der Waals surface area (Å²) in [5, 5.41) is 3.50. The molecule has 0 aliphatic carbocycles. The second-order valence-corrected chi connectivity index (χ2v) is 5.22. The van der Waals surface area contributed by atoms with Crippen molar-refractivity contribution in [2.45, 2.75) is 32.7 Å². The van der Waals surface area contributed by atoms with Crippen LogP contribution in [0.1, 0.15) is 23.6 Å². The van der Waals surface area contributed by atoms with Crippen LogP contribution in [0.25, 0.3) is 0 Å². The lowest BCUT2D eigenvalue weighted by Crippen LogP contribution is -2.33. The summed E-state index contributed by atoms with van der Waals surface area (Å²) in [4.78, 5) is 0. The molecule has 0 amide bonds. The summed E-state index contributed by atoms with van der Waals surface area (Å²) in [5.41, 5.74) is 3.56. The zero-order valence-corrected chi connectivity index (χ0v) is 12.2. The molecule has 2 rings (SSSR count). The Kier molecular flexibility index (Phi) is 5.31. The third kappa shape index (κ3) is 4.17. The van der Waals surface area contributed by atoms with Crippen LogP contribution in [-0.2, 0) is 12.8 Å². The number of hydrogen-bond donors (Lipinski definition) is 1. The molecule has 20 heavy (non-hydrogen) atoms. The van der Waals surface area contributed by atoms with Crippen molar-refractivity contribution in [3.63, 3.8) is 0 Å². The molecular formula is C18H22FN. The molecule has 1 atom stereocenters. The summed E-state index contributed by atoms with van der Waals surface area (Å²) < 4.78 is 13.4. The van der Waals surface area contributed by atoms with Crippen molar-refractivity contribution in [3.05, 3.63) is 71.0 Å². The Labute approximate surface area is 120 Å². The quantitative estimate of drug-likeness (QED) is 0.840. The van der Waals surface area contributed by atoms with Gasteiger partial charge in [-0.25, -0.2) is 4.39 Å². The predicted molar refractivity (Wildman–Crippen MR) is 82.5 cm³/mol. The molecule has 0 radical (unpaired) electrons. The van der Waals surface area contributed by atoms with Crippen LogP contribution in [0.2, 0.25) is 0 Å². The van der Waals surface area contributed by atoms with Gasteiger partial charge in [0.05, 0.1) is 0 Å². The van der Waals surface area contributed by atoms with Crippen molar-refractivity contribution in [1.29, 1.82) is 0 Å². The summed E-state index contributed by atoms with van der Waals surface area (Å²) in [5.74, 6) is -0.152. The fraction of sp³-hybridized carbons (Fsp3) is 0.333. The lowest BCUT2D eigenvalue weighted by atomic mass is 9.96. The molecule has 2 heteroatoms. The first-order chi connectivity index (χ1) is 9.69. The maximum absolute atomic E-state index is 13.4. The second-order valence-electron chi connectivity index (χ2n) is 5.22. The SMILES string of the molecule is CCNC(Cc1ccccc1)Cc1cc(F)ccc1C. The van der Waals surface area contributed by atoms with Gasteiger partial charge in [-0.3, -0.25) is 0 Å². The van der Waals surface area contributed by atoms with Gasteiger partial charge in [0.25, 0.3) is 0 Å². The Morgan fingerprint density at radius 1 is 1.05 bits per heavy atom. The van der Waals surface area contributed by atoms with Crippen LogP contribution in [0, 0.1) is 12.7 Å². The lowest BCUT2D eigenvalue weighted by Gasteiger charge is -2.19. The van der Waals surface area contributed by atoms with E-state index < -0.39 is 0 Å². The van der Waals surface area contributed by atoms with E-state index >= 15 is 0 Å². The zero-order valence-electron chi connectivity index (χ0n) is 12.2. The van der Waals surface area contributed by atoms with Crippen molar-refractivity contribution in [1.82, 2.24) is 5.32 Å². The maximum Gasteiger partial charge on any atom is 0.123 e. The molecule has 1 N–H and O–H groups in total. The fourth-order valence-corrected chi connectivity index (χ4v) is 2.53. The first-order valence-corrected chi connectivity index (χ1v) is 7.21. The van der Waals surface area contributed by atoms with Crippen LogP contribution < -0.4 is 5.32 Å². The maximum atomic E-state index is 13.4. The normalized spacial score (nSPS) is 12.3. The van der Waals surface area contributed by atoms with Crippen molar-refractivity contribution < 1.29 is 4.39 Å². The number of likely N-dealkylation sites (N-methyl/N-ethyl adjacent to an activating group) is 1. The number of rotatable bonds is 6. The van der Waals surface area contributed by atoms with Gasteiger partial charge in [-0.1, -0.05) is 43.3 Å².